The van der Waals surface area contributed by atoms with E-state index < -0.39 is 0 Å². The van der Waals surface area contributed by atoms with Gasteiger partial charge in [-0.1, -0.05) is 19.8 Å². The lowest BCUT2D eigenvalue weighted by atomic mass is 10.2. The molecule has 0 aliphatic heterocycles. The van der Waals surface area contributed by atoms with Crippen LogP contribution in [0.1, 0.15) is 43.1 Å². The highest BCUT2D eigenvalue weighted by Gasteiger charge is 2.18. The van der Waals surface area contributed by atoms with Gasteiger partial charge in [-0.2, -0.15) is 0 Å². The van der Waals surface area contributed by atoms with Crippen LogP contribution in [0.5, 0.6) is 0 Å². The number of H-pyrrole nitrogens is 1. The molecule has 1 aromatic heterocycles. The summed E-state index contributed by atoms with van der Waals surface area (Å²) in [5.41, 5.74) is 0. The predicted molar refractivity (Wildman–Crippen MR) is 60.9 cm³/mol. The SMILES string of the molecule is C#CCN(CC)C(=O)c1n[nH]c(C(C)C)n1. The Kier molecular flexibility index (Phi) is 4.06. The van der Waals surface area contributed by atoms with Gasteiger partial charge in [-0.15, -0.1) is 11.5 Å². The highest BCUT2D eigenvalue weighted by atomic mass is 16.2. The first-order chi connectivity index (χ1) is 7.60. The molecule has 0 spiro atoms. The number of amides is 1. The Morgan fingerprint density at radius 3 is 2.75 bits per heavy atom. The normalized spacial score (nSPS) is 10.2. The maximum Gasteiger partial charge on any atom is 0.294 e. The Hall–Kier alpha value is -1.83. The van der Waals surface area contributed by atoms with Crippen LogP contribution in [-0.4, -0.2) is 39.1 Å². The van der Waals surface area contributed by atoms with Crippen molar-refractivity contribution in [2.75, 3.05) is 13.1 Å². The average Bonchev–Trinajstić information content (AvgIpc) is 2.74. The van der Waals surface area contributed by atoms with E-state index in [9.17, 15) is 4.79 Å². The Morgan fingerprint density at radius 2 is 2.31 bits per heavy atom. The van der Waals surface area contributed by atoms with Crippen molar-refractivity contribution in [3.63, 3.8) is 0 Å². The second kappa shape index (κ2) is 5.31. The van der Waals surface area contributed by atoms with Crippen LogP contribution in [0.2, 0.25) is 0 Å². The molecule has 1 aromatic rings. The minimum atomic E-state index is -0.233. The molecule has 1 heterocycles. The first-order valence-electron chi connectivity index (χ1n) is 5.25. The molecule has 1 amide bonds. The number of hydrogen-bond acceptors (Lipinski definition) is 3. The van der Waals surface area contributed by atoms with Gasteiger partial charge in [0.25, 0.3) is 5.91 Å². The highest BCUT2D eigenvalue weighted by molar-refractivity contribution is 5.90. The van der Waals surface area contributed by atoms with Crippen LogP contribution < -0.4 is 0 Å². The van der Waals surface area contributed by atoms with Gasteiger partial charge in [0.1, 0.15) is 5.82 Å². The van der Waals surface area contributed by atoms with Gasteiger partial charge in [-0.3, -0.25) is 9.89 Å². The van der Waals surface area contributed by atoms with Crippen LogP contribution in [0.25, 0.3) is 0 Å². The molecule has 0 atom stereocenters. The number of nitrogens with one attached hydrogen (secondary N) is 1. The number of hydrogen-bond donors (Lipinski definition) is 1. The van der Waals surface area contributed by atoms with E-state index in [4.69, 9.17) is 6.42 Å². The van der Waals surface area contributed by atoms with Crippen LogP contribution in [0.3, 0.4) is 0 Å². The predicted octanol–water partition coefficient (Wildman–Crippen LogP) is 1.02. The summed E-state index contributed by atoms with van der Waals surface area (Å²) in [6.45, 7) is 6.66. The number of terminal acetylenes is 1. The number of rotatable bonds is 4. The largest absolute Gasteiger partial charge is 0.325 e. The molecule has 1 N–H and O–H groups in total. The van der Waals surface area contributed by atoms with Gasteiger partial charge in [0.05, 0.1) is 6.54 Å². The van der Waals surface area contributed by atoms with Crippen LogP contribution in [0, 0.1) is 12.3 Å². The fourth-order valence-corrected chi connectivity index (χ4v) is 1.21. The minimum absolute atomic E-state index is 0.181. The summed E-state index contributed by atoms with van der Waals surface area (Å²) in [4.78, 5) is 17.5. The first-order valence-corrected chi connectivity index (χ1v) is 5.25. The topological polar surface area (TPSA) is 61.9 Å². The fourth-order valence-electron chi connectivity index (χ4n) is 1.21. The van der Waals surface area contributed by atoms with E-state index in [1.165, 1.54) is 4.90 Å². The van der Waals surface area contributed by atoms with E-state index in [0.717, 1.165) is 0 Å². The van der Waals surface area contributed by atoms with E-state index >= 15 is 0 Å². The van der Waals surface area contributed by atoms with Gasteiger partial charge in [0.15, 0.2) is 0 Å². The number of carbonyl (C=O) groups excluding carboxylic acids is 1. The van der Waals surface area contributed by atoms with Crippen LogP contribution >= 0.6 is 0 Å². The third kappa shape index (κ3) is 2.60. The monoisotopic (exact) mass is 220 g/mol. The number of nitrogens with zero attached hydrogens (tertiary/aromatic N) is 3. The molecule has 0 aliphatic rings. The molecule has 0 unspecified atom stereocenters. The summed E-state index contributed by atoms with van der Waals surface area (Å²) < 4.78 is 0. The quantitative estimate of drug-likeness (QED) is 0.771. The summed E-state index contributed by atoms with van der Waals surface area (Å²) in [6, 6.07) is 0. The fraction of sp³-hybridized carbons (Fsp3) is 0.545. The molecule has 86 valence electrons. The van der Waals surface area contributed by atoms with Crippen molar-refractivity contribution in [1.82, 2.24) is 20.1 Å². The summed E-state index contributed by atoms with van der Waals surface area (Å²) in [7, 11) is 0. The van der Waals surface area contributed by atoms with E-state index in [2.05, 4.69) is 21.1 Å². The molecule has 0 fully saturated rings. The minimum Gasteiger partial charge on any atom is -0.325 e. The van der Waals surface area contributed by atoms with E-state index in [1.807, 2.05) is 20.8 Å². The lowest BCUT2D eigenvalue weighted by molar-refractivity contribution is 0.0773. The standard InChI is InChI=1S/C11H16N4O/c1-5-7-15(6-2)11(16)10-12-9(8(3)4)13-14-10/h1,8H,6-7H2,2-4H3,(H,12,13,14). The Balaban J connectivity index is 2.83. The summed E-state index contributed by atoms with van der Waals surface area (Å²) in [5, 5.41) is 6.64. The van der Waals surface area contributed by atoms with Crippen LogP contribution in [-0.2, 0) is 0 Å². The van der Waals surface area contributed by atoms with Gasteiger partial charge in [-0.05, 0) is 6.92 Å². The van der Waals surface area contributed by atoms with Crippen LogP contribution in [0.15, 0.2) is 0 Å². The third-order valence-corrected chi connectivity index (χ3v) is 2.19. The van der Waals surface area contributed by atoms with Gasteiger partial charge in [0, 0.05) is 12.5 Å². The molecule has 0 bridgehead atoms. The van der Waals surface area contributed by atoms with E-state index in [-0.39, 0.29) is 24.2 Å². The summed E-state index contributed by atoms with van der Waals surface area (Å²) in [5.74, 6) is 3.31. The van der Waals surface area contributed by atoms with Gasteiger partial charge >= 0.3 is 0 Å². The van der Waals surface area contributed by atoms with Crippen molar-refractivity contribution in [1.29, 1.82) is 0 Å². The van der Waals surface area contributed by atoms with Crippen molar-refractivity contribution in [3.05, 3.63) is 11.6 Å². The smallest absolute Gasteiger partial charge is 0.294 e. The summed E-state index contributed by atoms with van der Waals surface area (Å²) in [6.07, 6.45) is 5.18. The second-order valence-corrected chi connectivity index (χ2v) is 3.72. The maximum absolute atomic E-state index is 11.9. The van der Waals surface area contributed by atoms with Gasteiger partial charge in [0.2, 0.25) is 5.82 Å². The van der Waals surface area contributed by atoms with Crippen molar-refractivity contribution >= 4 is 5.91 Å². The molecule has 0 saturated heterocycles. The third-order valence-electron chi connectivity index (χ3n) is 2.19. The Bertz CT molecular complexity index is 402. The Morgan fingerprint density at radius 1 is 1.62 bits per heavy atom. The molecule has 0 radical (unpaired) electrons. The highest BCUT2D eigenvalue weighted by Crippen LogP contribution is 2.08. The van der Waals surface area contributed by atoms with E-state index in [1.54, 1.807) is 0 Å². The average molecular weight is 220 g/mol. The second-order valence-electron chi connectivity index (χ2n) is 3.72. The Labute approximate surface area is 95.3 Å². The first kappa shape index (κ1) is 12.2. The molecular weight excluding hydrogens is 204 g/mol. The maximum atomic E-state index is 11.9. The zero-order valence-electron chi connectivity index (χ0n) is 9.82. The molecule has 16 heavy (non-hydrogen) atoms. The number of aromatic nitrogens is 3. The molecule has 1 rings (SSSR count). The molecular formula is C11H16N4O. The number of carbonyl (C=O) groups is 1. The molecule has 0 saturated carbocycles. The number of aromatic amines is 1. The van der Waals surface area contributed by atoms with Gasteiger partial charge in [-0.25, -0.2) is 4.98 Å². The van der Waals surface area contributed by atoms with Crippen molar-refractivity contribution in [3.8, 4) is 12.3 Å². The van der Waals surface area contributed by atoms with Crippen LogP contribution in [0.4, 0.5) is 0 Å². The lowest BCUT2D eigenvalue weighted by Gasteiger charge is -2.15. The molecule has 5 heteroatoms. The van der Waals surface area contributed by atoms with Crippen molar-refractivity contribution in [2.24, 2.45) is 0 Å². The summed E-state index contributed by atoms with van der Waals surface area (Å²) >= 11 is 0. The molecule has 0 aromatic carbocycles. The van der Waals surface area contributed by atoms with Gasteiger partial charge < -0.3 is 4.90 Å². The molecule has 0 aliphatic carbocycles. The zero-order valence-corrected chi connectivity index (χ0v) is 9.82. The molecule has 5 nitrogen and oxygen atoms in total. The van der Waals surface area contributed by atoms with Crippen molar-refractivity contribution < 1.29 is 4.79 Å². The van der Waals surface area contributed by atoms with E-state index in [0.29, 0.717) is 12.4 Å². The lowest BCUT2D eigenvalue weighted by Crippen LogP contribution is -2.32. The van der Waals surface area contributed by atoms with Crippen molar-refractivity contribution in [2.45, 2.75) is 26.7 Å². The zero-order chi connectivity index (χ0) is 12.1.